The summed E-state index contributed by atoms with van der Waals surface area (Å²) in [6.45, 7) is 0. The molecule has 0 aliphatic rings. The first-order valence-corrected chi connectivity index (χ1v) is 10.0. The van der Waals surface area contributed by atoms with Crippen molar-refractivity contribution in [1.82, 2.24) is 0 Å². The zero-order chi connectivity index (χ0) is 16.7. The van der Waals surface area contributed by atoms with Crippen molar-refractivity contribution >= 4 is 55.7 Å². The average Bonchev–Trinajstić information content (AvgIpc) is 2.62. The zero-order valence-electron chi connectivity index (χ0n) is 12.9. The number of nitrogen functional groups attached to an aromatic ring is 2. The first-order chi connectivity index (χ1) is 11.7. The second-order valence-electron chi connectivity index (χ2n) is 5.67. The van der Waals surface area contributed by atoms with E-state index in [9.17, 15) is 3.83 Å². The van der Waals surface area contributed by atoms with Gasteiger partial charge in [-0.25, -0.2) is 0 Å². The zero-order valence-corrected chi connectivity index (χ0v) is 14.6. The number of anilines is 2. The number of hydrogen-bond donors (Lipinski definition) is 2. The summed E-state index contributed by atoms with van der Waals surface area (Å²) in [6.07, 6.45) is 0. The number of nitrogens with two attached hydrogens (primary N) is 2. The van der Waals surface area contributed by atoms with E-state index in [-0.39, 0.29) is 0 Å². The fraction of sp³-hybridized carbons (Fsp3) is 0. The van der Waals surface area contributed by atoms with Crippen molar-refractivity contribution in [3.05, 3.63) is 72.8 Å². The molecule has 4 aromatic carbocycles. The molecule has 4 heteroatoms. The first-order valence-electron chi connectivity index (χ1n) is 7.63. The predicted octanol–water partition coefficient (Wildman–Crippen LogP) is 2.69. The van der Waals surface area contributed by atoms with E-state index in [0.29, 0.717) is 11.4 Å². The fourth-order valence-corrected chi connectivity index (χ4v) is 5.92. The van der Waals surface area contributed by atoms with Crippen LogP contribution in [0.5, 0.6) is 0 Å². The van der Waals surface area contributed by atoms with Crippen LogP contribution in [0.3, 0.4) is 0 Å². The fourth-order valence-electron chi connectivity index (χ4n) is 3.03. The van der Waals surface area contributed by atoms with Crippen molar-refractivity contribution in [2.75, 3.05) is 11.5 Å². The van der Waals surface area contributed by atoms with Crippen molar-refractivity contribution in [3.8, 4) is 0 Å². The van der Waals surface area contributed by atoms with Gasteiger partial charge in [0.15, 0.2) is 0 Å². The molecule has 24 heavy (non-hydrogen) atoms. The van der Waals surface area contributed by atoms with Crippen LogP contribution in [0.25, 0.3) is 21.5 Å². The van der Waals surface area contributed by atoms with Crippen molar-refractivity contribution in [3.63, 3.8) is 0 Å². The van der Waals surface area contributed by atoms with Crippen LogP contribution in [0.1, 0.15) is 0 Å². The van der Waals surface area contributed by atoms with Crippen molar-refractivity contribution in [2.24, 2.45) is 0 Å². The molecule has 0 bridgehead atoms. The predicted molar refractivity (Wildman–Crippen MR) is 102 cm³/mol. The first kappa shape index (κ1) is 14.9. The van der Waals surface area contributed by atoms with E-state index in [1.807, 2.05) is 72.8 Å². The van der Waals surface area contributed by atoms with Gasteiger partial charge in [0, 0.05) is 0 Å². The molecule has 0 atom stereocenters. The van der Waals surface area contributed by atoms with Gasteiger partial charge in [-0.15, -0.1) is 0 Å². The van der Waals surface area contributed by atoms with E-state index in [4.69, 9.17) is 11.5 Å². The minimum atomic E-state index is -2.46. The summed E-state index contributed by atoms with van der Waals surface area (Å²) in [7, 11) is 0. The summed E-state index contributed by atoms with van der Waals surface area (Å²) in [6, 6.07) is 23.1. The van der Waals surface area contributed by atoms with Crippen LogP contribution >= 0.6 is 0 Å². The summed E-state index contributed by atoms with van der Waals surface area (Å²) in [5.41, 5.74) is 13.5. The molecule has 4 aromatic rings. The Labute approximate surface area is 144 Å². The summed E-state index contributed by atoms with van der Waals surface area (Å²) < 4.78 is 15.1. The van der Waals surface area contributed by atoms with Crippen LogP contribution in [-0.4, -0.2) is 13.8 Å². The molecule has 0 fully saturated rings. The molecule has 3 nitrogen and oxygen atoms in total. The van der Waals surface area contributed by atoms with Gasteiger partial charge in [-0.3, -0.25) is 0 Å². The van der Waals surface area contributed by atoms with Gasteiger partial charge in [0.05, 0.1) is 0 Å². The Morgan fingerprint density at radius 2 is 0.917 bits per heavy atom. The summed E-state index contributed by atoms with van der Waals surface area (Å²) in [4.78, 5) is 0. The van der Waals surface area contributed by atoms with Crippen molar-refractivity contribution < 1.29 is 3.83 Å². The Bertz CT molecular complexity index is 1020. The Balaban J connectivity index is 1.99. The van der Waals surface area contributed by atoms with Crippen LogP contribution in [0.2, 0.25) is 0 Å². The van der Waals surface area contributed by atoms with Gasteiger partial charge >= 0.3 is 144 Å². The standard InChI is InChI=1S/C20H16N2OSe/c21-17-9-11-19(15-7-3-1-5-13(15)17)24(23)20-12-10-18(22)14-6-2-4-8-16(14)20/h1-12H,21-22H2. The van der Waals surface area contributed by atoms with E-state index >= 15 is 0 Å². The van der Waals surface area contributed by atoms with Gasteiger partial charge in [-0.05, 0) is 0 Å². The maximum atomic E-state index is 13.4. The Morgan fingerprint density at radius 1 is 0.542 bits per heavy atom. The molecule has 118 valence electrons. The molecule has 0 unspecified atom stereocenters. The number of fused-ring (bicyclic) bond motifs is 2. The van der Waals surface area contributed by atoms with Crippen LogP contribution in [0.15, 0.2) is 72.8 Å². The van der Waals surface area contributed by atoms with Gasteiger partial charge in [0.25, 0.3) is 0 Å². The molecule has 0 aromatic heterocycles. The van der Waals surface area contributed by atoms with Crippen molar-refractivity contribution in [1.29, 1.82) is 0 Å². The topological polar surface area (TPSA) is 69.1 Å². The molecule has 0 spiro atoms. The third-order valence-corrected chi connectivity index (χ3v) is 7.41. The molecule has 4 rings (SSSR count). The third kappa shape index (κ3) is 2.28. The van der Waals surface area contributed by atoms with Gasteiger partial charge in [-0.2, -0.15) is 0 Å². The summed E-state index contributed by atoms with van der Waals surface area (Å²) >= 11 is -2.46. The maximum absolute atomic E-state index is 13.4. The number of rotatable bonds is 2. The Kier molecular flexibility index (Phi) is 3.57. The normalized spacial score (nSPS) is 11.4. The van der Waals surface area contributed by atoms with Gasteiger partial charge in [-0.1, -0.05) is 0 Å². The second kappa shape index (κ2) is 5.75. The third-order valence-electron chi connectivity index (χ3n) is 4.24. The molecule has 0 saturated carbocycles. The SMILES string of the molecule is Nc1ccc([Se](=O)c2ccc(N)c3ccccc23)c2ccccc12. The molecule has 0 amide bonds. The summed E-state index contributed by atoms with van der Waals surface area (Å²) in [5.74, 6) is 0. The van der Waals surface area contributed by atoms with E-state index < -0.39 is 13.8 Å². The van der Waals surface area contributed by atoms with E-state index in [0.717, 1.165) is 30.5 Å². The molecule has 4 N–H and O–H groups in total. The molecule has 0 aliphatic carbocycles. The molecule has 0 radical (unpaired) electrons. The molecule has 0 saturated heterocycles. The molecule has 0 heterocycles. The molecular weight excluding hydrogens is 363 g/mol. The van der Waals surface area contributed by atoms with E-state index in [2.05, 4.69) is 0 Å². The average molecular weight is 379 g/mol. The van der Waals surface area contributed by atoms with E-state index in [1.165, 1.54) is 0 Å². The van der Waals surface area contributed by atoms with Gasteiger partial charge < -0.3 is 0 Å². The quantitative estimate of drug-likeness (QED) is 0.416. The number of hydrogen-bond acceptors (Lipinski definition) is 3. The molecule has 0 aliphatic heterocycles. The van der Waals surface area contributed by atoms with E-state index in [1.54, 1.807) is 0 Å². The van der Waals surface area contributed by atoms with Gasteiger partial charge in [0.2, 0.25) is 0 Å². The summed E-state index contributed by atoms with van der Waals surface area (Å²) in [5, 5.41) is 3.80. The van der Waals surface area contributed by atoms with Crippen LogP contribution in [-0.2, 0) is 3.83 Å². The van der Waals surface area contributed by atoms with Crippen molar-refractivity contribution in [2.45, 2.75) is 0 Å². The monoisotopic (exact) mass is 380 g/mol. The van der Waals surface area contributed by atoms with Gasteiger partial charge in [0.1, 0.15) is 0 Å². The Hall–Kier alpha value is -2.68. The minimum absolute atomic E-state index is 0.704. The second-order valence-corrected chi connectivity index (χ2v) is 8.64. The molecular formula is C20H16N2OSe. The van der Waals surface area contributed by atoms with Crippen LogP contribution in [0.4, 0.5) is 11.4 Å². The van der Waals surface area contributed by atoms with Crippen LogP contribution in [0, 0.1) is 0 Å². The van der Waals surface area contributed by atoms with Crippen LogP contribution < -0.4 is 20.4 Å². The number of benzene rings is 4. The Morgan fingerprint density at radius 3 is 1.33 bits per heavy atom.